The third-order valence-corrected chi connectivity index (χ3v) is 3.02. The molecule has 1 aliphatic rings. The normalized spacial score (nSPS) is 14.6. The molecule has 1 heterocycles. The van der Waals surface area contributed by atoms with Gasteiger partial charge in [0.2, 0.25) is 0 Å². The summed E-state index contributed by atoms with van der Waals surface area (Å²) in [7, 11) is 1.30. The lowest BCUT2D eigenvalue weighted by molar-refractivity contribution is 0.0601. The highest BCUT2D eigenvalue weighted by atomic mass is 16.5. The quantitative estimate of drug-likeness (QED) is 0.632. The number of ether oxygens (including phenoxy) is 1. The van der Waals surface area contributed by atoms with Crippen molar-refractivity contribution in [1.29, 1.82) is 0 Å². The van der Waals surface area contributed by atoms with Crippen LogP contribution in [0.25, 0.3) is 0 Å². The van der Waals surface area contributed by atoms with Gasteiger partial charge in [0.1, 0.15) is 0 Å². The standard InChI is InChI=1S/C13H16N2O3/c1-18-13(17)10-6-9(7-11(14)8-10)12(16)15-4-2-3-5-15/h6-8H,2-5,14H2,1H3. The molecule has 96 valence electrons. The lowest BCUT2D eigenvalue weighted by Crippen LogP contribution is -2.27. The van der Waals surface area contributed by atoms with Gasteiger partial charge in [-0.15, -0.1) is 0 Å². The molecule has 0 radical (unpaired) electrons. The van der Waals surface area contributed by atoms with Crippen molar-refractivity contribution in [3.05, 3.63) is 29.3 Å². The van der Waals surface area contributed by atoms with Crippen LogP contribution in [0.2, 0.25) is 0 Å². The molecule has 1 aromatic rings. The fourth-order valence-corrected chi connectivity index (χ4v) is 2.11. The largest absolute Gasteiger partial charge is 0.465 e. The summed E-state index contributed by atoms with van der Waals surface area (Å²) in [5, 5.41) is 0. The highest BCUT2D eigenvalue weighted by Gasteiger charge is 2.21. The Hall–Kier alpha value is -2.04. The topological polar surface area (TPSA) is 72.6 Å². The van der Waals surface area contributed by atoms with E-state index in [0.29, 0.717) is 16.8 Å². The van der Waals surface area contributed by atoms with Crippen LogP contribution in [-0.2, 0) is 4.74 Å². The van der Waals surface area contributed by atoms with Crippen LogP contribution in [-0.4, -0.2) is 37.0 Å². The Morgan fingerprint density at radius 1 is 1.17 bits per heavy atom. The van der Waals surface area contributed by atoms with Crippen molar-refractivity contribution in [3.8, 4) is 0 Å². The number of rotatable bonds is 2. The predicted molar refractivity (Wildman–Crippen MR) is 67.3 cm³/mol. The molecule has 1 saturated heterocycles. The average molecular weight is 248 g/mol. The summed E-state index contributed by atoms with van der Waals surface area (Å²) in [6, 6.07) is 4.63. The first-order valence-electron chi connectivity index (χ1n) is 5.90. The average Bonchev–Trinajstić information content (AvgIpc) is 2.90. The molecule has 0 saturated carbocycles. The molecule has 2 rings (SSSR count). The number of anilines is 1. The van der Waals surface area contributed by atoms with Gasteiger partial charge < -0.3 is 15.4 Å². The summed E-state index contributed by atoms with van der Waals surface area (Å²) in [5.41, 5.74) is 6.85. The smallest absolute Gasteiger partial charge is 0.337 e. The molecule has 0 spiro atoms. The molecule has 0 bridgehead atoms. The van der Waals surface area contributed by atoms with Gasteiger partial charge in [0.25, 0.3) is 5.91 Å². The predicted octanol–water partition coefficient (Wildman–Crippen LogP) is 1.29. The van der Waals surface area contributed by atoms with E-state index in [0.717, 1.165) is 25.9 Å². The summed E-state index contributed by atoms with van der Waals surface area (Å²) in [6.07, 6.45) is 2.05. The van der Waals surface area contributed by atoms with E-state index in [9.17, 15) is 9.59 Å². The number of nitrogens with two attached hydrogens (primary N) is 1. The first-order valence-corrected chi connectivity index (χ1v) is 5.90. The Kier molecular flexibility index (Phi) is 3.50. The number of hydrogen-bond acceptors (Lipinski definition) is 4. The Balaban J connectivity index is 2.29. The molecule has 5 nitrogen and oxygen atoms in total. The molecule has 1 aromatic carbocycles. The first kappa shape index (κ1) is 12.4. The SMILES string of the molecule is COC(=O)c1cc(N)cc(C(=O)N2CCCC2)c1. The number of amides is 1. The zero-order valence-corrected chi connectivity index (χ0v) is 10.3. The second-order valence-electron chi connectivity index (χ2n) is 4.33. The van der Waals surface area contributed by atoms with Gasteiger partial charge >= 0.3 is 5.97 Å². The van der Waals surface area contributed by atoms with Crippen LogP contribution in [0, 0.1) is 0 Å². The van der Waals surface area contributed by atoms with E-state index in [4.69, 9.17) is 5.73 Å². The van der Waals surface area contributed by atoms with Gasteiger partial charge in [0.05, 0.1) is 12.7 Å². The van der Waals surface area contributed by atoms with Crippen molar-refractivity contribution in [2.75, 3.05) is 25.9 Å². The van der Waals surface area contributed by atoms with Crippen LogP contribution < -0.4 is 5.73 Å². The number of methoxy groups -OCH3 is 1. The molecule has 1 fully saturated rings. The molecule has 1 aliphatic heterocycles. The first-order chi connectivity index (χ1) is 8.61. The molecule has 2 N–H and O–H groups in total. The highest BCUT2D eigenvalue weighted by Crippen LogP contribution is 2.17. The van der Waals surface area contributed by atoms with Crippen LogP contribution in [0.5, 0.6) is 0 Å². The molecule has 18 heavy (non-hydrogen) atoms. The Labute approximate surface area is 106 Å². The summed E-state index contributed by atoms with van der Waals surface area (Å²) in [5.74, 6) is -0.567. The van der Waals surface area contributed by atoms with E-state index < -0.39 is 5.97 Å². The Bertz CT molecular complexity index is 479. The van der Waals surface area contributed by atoms with E-state index in [1.54, 1.807) is 11.0 Å². The minimum atomic E-state index is -0.488. The number of likely N-dealkylation sites (tertiary alicyclic amines) is 1. The second-order valence-corrected chi connectivity index (χ2v) is 4.33. The number of nitrogens with zero attached hydrogens (tertiary/aromatic N) is 1. The molecule has 0 atom stereocenters. The Morgan fingerprint density at radius 2 is 1.78 bits per heavy atom. The molecule has 0 aromatic heterocycles. The van der Waals surface area contributed by atoms with E-state index in [-0.39, 0.29) is 5.91 Å². The fraction of sp³-hybridized carbons (Fsp3) is 0.385. The maximum absolute atomic E-state index is 12.2. The fourth-order valence-electron chi connectivity index (χ4n) is 2.11. The van der Waals surface area contributed by atoms with Crippen LogP contribution in [0.15, 0.2) is 18.2 Å². The number of esters is 1. The minimum absolute atomic E-state index is 0.0787. The maximum atomic E-state index is 12.2. The van der Waals surface area contributed by atoms with Gasteiger partial charge in [-0.1, -0.05) is 0 Å². The van der Waals surface area contributed by atoms with Crippen molar-refractivity contribution in [2.45, 2.75) is 12.8 Å². The monoisotopic (exact) mass is 248 g/mol. The molecule has 0 unspecified atom stereocenters. The van der Waals surface area contributed by atoms with E-state index >= 15 is 0 Å². The summed E-state index contributed by atoms with van der Waals surface area (Å²) < 4.78 is 4.63. The van der Waals surface area contributed by atoms with Gasteiger partial charge in [0.15, 0.2) is 0 Å². The third-order valence-electron chi connectivity index (χ3n) is 3.02. The van der Waals surface area contributed by atoms with Crippen molar-refractivity contribution in [2.24, 2.45) is 0 Å². The summed E-state index contributed by atoms with van der Waals surface area (Å²) >= 11 is 0. The van der Waals surface area contributed by atoms with Gasteiger partial charge in [0, 0.05) is 24.3 Å². The number of benzene rings is 1. The van der Waals surface area contributed by atoms with Gasteiger partial charge in [-0.25, -0.2) is 4.79 Å². The van der Waals surface area contributed by atoms with Crippen LogP contribution in [0.1, 0.15) is 33.6 Å². The number of hydrogen-bond donors (Lipinski definition) is 1. The van der Waals surface area contributed by atoms with Crippen molar-refractivity contribution >= 4 is 17.6 Å². The number of carbonyl (C=O) groups excluding carboxylic acids is 2. The van der Waals surface area contributed by atoms with Gasteiger partial charge in [-0.3, -0.25) is 4.79 Å². The number of nitrogen functional groups attached to an aromatic ring is 1. The van der Waals surface area contributed by atoms with E-state index in [1.165, 1.54) is 19.2 Å². The van der Waals surface area contributed by atoms with Crippen LogP contribution >= 0.6 is 0 Å². The van der Waals surface area contributed by atoms with Crippen LogP contribution in [0.3, 0.4) is 0 Å². The van der Waals surface area contributed by atoms with Crippen LogP contribution in [0.4, 0.5) is 5.69 Å². The lowest BCUT2D eigenvalue weighted by Gasteiger charge is -2.16. The minimum Gasteiger partial charge on any atom is -0.465 e. The molecular formula is C13H16N2O3. The van der Waals surface area contributed by atoms with Gasteiger partial charge in [-0.2, -0.15) is 0 Å². The second kappa shape index (κ2) is 5.08. The third kappa shape index (κ3) is 2.45. The van der Waals surface area contributed by atoms with Gasteiger partial charge in [-0.05, 0) is 31.0 Å². The van der Waals surface area contributed by atoms with E-state index in [1.807, 2.05) is 0 Å². The molecule has 0 aliphatic carbocycles. The van der Waals surface area contributed by atoms with E-state index in [2.05, 4.69) is 4.74 Å². The maximum Gasteiger partial charge on any atom is 0.337 e. The lowest BCUT2D eigenvalue weighted by atomic mass is 10.1. The van der Waals surface area contributed by atoms with Crippen molar-refractivity contribution < 1.29 is 14.3 Å². The summed E-state index contributed by atoms with van der Waals surface area (Å²) in [4.78, 5) is 25.4. The molecular weight excluding hydrogens is 232 g/mol. The number of carbonyl (C=O) groups is 2. The zero-order valence-electron chi connectivity index (χ0n) is 10.3. The Morgan fingerprint density at radius 3 is 2.39 bits per heavy atom. The highest BCUT2D eigenvalue weighted by molar-refractivity contribution is 5.99. The molecule has 1 amide bonds. The summed E-state index contributed by atoms with van der Waals surface area (Å²) in [6.45, 7) is 1.53. The zero-order chi connectivity index (χ0) is 13.1. The molecule has 5 heteroatoms. The van der Waals surface area contributed by atoms with Crippen molar-refractivity contribution in [1.82, 2.24) is 4.90 Å². The van der Waals surface area contributed by atoms with Crippen molar-refractivity contribution in [3.63, 3.8) is 0 Å².